The van der Waals surface area contributed by atoms with Crippen molar-refractivity contribution in [2.45, 2.75) is 6.92 Å². The Hall–Kier alpha value is -3.07. The molecule has 1 N–H and O–H groups in total. The molecule has 0 fully saturated rings. The van der Waals surface area contributed by atoms with Crippen LogP contribution in [0.3, 0.4) is 0 Å². The van der Waals surface area contributed by atoms with Crippen molar-refractivity contribution in [2.24, 2.45) is 0 Å². The van der Waals surface area contributed by atoms with E-state index in [1.807, 2.05) is 0 Å². The molecule has 0 heterocycles. The molecule has 24 heavy (non-hydrogen) atoms. The first-order chi connectivity index (χ1) is 11.2. The average Bonchev–Trinajstić information content (AvgIpc) is 2.50. The number of nitro groups is 2. The first-order valence-corrected chi connectivity index (χ1v) is 6.78. The van der Waals surface area contributed by atoms with Crippen LogP contribution in [-0.4, -0.2) is 15.8 Å². The molecule has 0 bridgehead atoms. The van der Waals surface area contributed by atoms with Crippen LogP contribution in [0.1, 0.15) is 15.9 Å². The minimum Gasteiger partial charge on any atom is -0.322 e. The van der Waals surface area contributed by atoms with Crippen molar-refractivity contribution in [2.75, 3.05) is 5.32 Å². The van der Waals surface area contributed by atoms with E-state index in [0.717, 1.165) is 24.3 Å². The highest BCUT2D eigenvalue weighted by Gasteiger charge is 2.24. The van der Waals surface area contributed by atoms with Crippen LogP contribution in [0.4, 0.5) is 21.5 Å². The number of carbonyl (C=O) groups is 1. The fraction of sp³-hybridized carbons (Fsp3) is 0.0714. The average molecular weight is 354 g/mol. The highest BCUT2D eigenvalue weighted by atomic mass is 35.5. The van der Waals surface area contributed by atoms with Crippen molar-refractivity contribution in [1.29, 1.82) is 0 Å². The maximum absolute atomic E-state index is 13.1. The standard InChI is InChI=1S/C14H9ClFN3O5/c1-7-10(5-9(18(21)22)6-13(7)19(23)24)14(20)17-8-2-3-12(16)11(15)4-8/h2-6H,1H3,(H,17,20). The number of benzene rings is 2. The molecule has 0 aliphatic heterocycles. The number of hydrogen-bond donors (Lipinski definition) is 1. The molecular weight excluding hydrogens is 345 g/mol. The maximum atomic E-state index is 13.1. The molecule has 0 aliphatic rings. The van der Waals surface area contributed by atoms with Gasteiger partial charge in [0, 0.05) is 17.3 Å². The molecule has 124 valence electrons. The van der Waals surface area contributed by atoms with Gasteiger partial charge in [0.25, 0.3) is 17.3 Å². The van der Waals surface area contributed by atoms with Gasteiger partial charge in [0.15, 0.2) is 0 Å². The zero-order chi connectivity index (χ0) is 18.0. The van der Waals surface area contributed by atoms with Crippen LogP contribution in [0.5, 0.6) is 0 Å². The summed E-state index contributed by atoms with van der Waals surface area (Å²) in [6.45, 7) is 1.30. The zero-order valence-electron chi connectivity index (χ0n) is 12.1. The van der Waals surface area contributed by atoms with Gasteiger partial charge < -0.3 is 5.32 Å². The molecule has 10 heteroatoms. The normalized spacial score (nSPS) is 10.3. The first kappa shape index (κ1) is 17.3. The van der Waals surface area contributed by atoms with Crippen molar-refractivity contribution in [3.63, 3.8) is 0 Å². The highest BCUT2D eigenvalue weighted by Crippen LogP contribution is 2.29. The summed E-state index contributed by atoms with van der Waals surface area (Å²) in [5, 5.41) is 24.0. The van der Waals surface area contributed by atoms with Gasteiger partial charge in [-0.1, -0.05) is 11.6 Å². The van der Waals surface area contributed by atoms with E-state index in [0.29, 0.717) is 0 Å². The number of nitro benzene ring substituents is 2. The highest BCUT2D eigenvalue weighted by molar-refractivity contribution is 6.31. The summed E-state index contributed by atoms with van der Waals surface area (Å²) in [5.74, 6) is -1.50. The summed E-state index contributed by atoms with van der Waals surface area (Å²) in [7, 11) is 0. The lowest BCUT2D eigenvalue weighted by Gasteiger charge is -2.09. The lowest BCUT2D eigenvalue weighted by atomic mass is 10.0. The van der Waals surface area contributed by atoms with E-state index in [2.05, 4.69) is 5.32 Å². The second kappa shape index (κ2) is 6.59. The number of nitrogens with one attached hydrogen (secondary N) is 1. The molecule has 2 rings (SSSR count). The van der Waals surface area contributed by atoms with Crippen LogP contribution in [-0.2, 0) is 0 Å². The van der Waals surface area contributed by atoms with Gasteiger partial charge in [0.1, 0.15) is 5.82 Å². The van der Waals surface area contributed by atoms with Gasteiger partial charge in [-0.2, -0.15) is 0 Å². The summed E-state index contributed by atoms with van der Waals surface area (Å²) in [6.07, 6.45) is 0. The minimum atomic E-state index is -0.835. The molecule has 8 nitrogen and oxygen atoms in total. The van der Waals surface area contributed by atoms with Crippen molar-refractivity contribution >= 4 is 34.6 Å². The number of nitrogens with zero attached hydrogens (tertiary/aromatic N) is 2. The number of rotatable bonds is 4. The van der Waals surface area contributed by atoms with Crippen LogP contribution in [0.15, 0.2) is 30.3 Å². The Morgan fingerprint density at radius 3 is 2.38 bits per heavy atom. The van der Waals surface area contributed by atoms with Crippen molar-refractivity contribution in [1.82, 2.24) is 0 Å². The summed E-state index contributed by atoms with van der Waals surface area (Å²) in [5.41, 5.74) is -1.27. The largest absolute Gasteiger partial charge is 0.322 e. The smallest absolute Gasteiger partial charge is 0.279 e. The Kier molecular flexibility index (Phi) is 4.74. The lowest BCUT2D eigenvalue weighted by Crippen LogP contribution is -2.15. The SMILES string of the molecule is Cc1c(C(=O)Nc2ccc(F)c(Cl)c2)cc([N+](=O)[O-])cc1[N+](=O)[O-]. The molecule has 1 amide bonds. The Morgan fingerprint density at radius 1 is 1.17 bits per heavy atom. The Balaban J connectivity index is 2.46. The van der Waals surface area contributed by atoms with Crippen LogP contribution < -0.4 is 5.32 Å². The lowest BCUT2D eigenvalue weighted by molar-refractivity contribution is -0.394. The summed E-state index contributed by atoms with van der Waals surface area (Å²) in [4.78, 5) is 32.5. The minimum absolute atomic E-state index is 0.0312. The van der Waals surface area contributed by atoms with Crippen LogP contribution in [0, 0.1) is 33.0 Å². The predicted molar refractivity (Wildman–Crippen MR) is 83.9 cm³/mol. The molecule has 0 spiro atoms. The van der Waals surface area contributed by atoms with Crippen LogP contribution in [0.2, 0.25) is 5.02 Å². The summed E-state index contributed by atoms with van der Waals surface area (Å²) < 4.78 is 13.1. The Bertz CT molecular complexity index is 872. The second-order valence-electron chi connectivity index (χ2n) is 4.73. The quantitative estimate of drug-likeness (QED) is 0.661. The van der Waals surface area contributed by atoms with E-state index in [1.165, 1.54) is 13.0 Å². The second-order valence-corrected chi connectivity index (χ2v) is 5.14. The van der Waals surface area contributed by atoms with Gasteiger partial charge in [0.05, 0.1) is 26.5 Å². The van der Waals surface area contributed by atoms with Crippen molar-refractivity contribution in [3.8, 4) is 0 Å². The zero-order valence-corrected chi connectivity index (χ0v) is 12.8. The third-order valence-corrected chi connectivity index (χ3v) is 3.48. The number of halogens is 2. The summed E-state index contributed by atoms with van der Waals surface area (Å²) >= 11 is 5.60. The van der Waals surface area contributed by atoms with Gasteiger partial charge in [-0.05, 0) is 25.1 Å². The number of amides is 1. The fourth-order valence-corrected chi connectivity index (χ4v) is 2.17. The molecule has 0 unspecified atom stereocenters. The van der Waals surface area contributed by atoms with E-state index < -0.39 is 32.9 Å². The van der Waals surface area contributed by atoms with Crippen LogP contribution >= 0.6 is 11.6 Å². The van der Waals surface area contributed by atoms with Crippen molar-refractivity contribution < 1.29 is 19.0 Å². The van der Waals surface area contributed by atoms with E-state index >= 15 is 0 Å². The molecule has 0 radical (unpaired) electrons. The first-order valence-electron chi connectivity index (χ1n) is 6.40. The molecule has 0 saturated carbocycles. The van der Waals surface area contributed by atoms with E-state index in [9.17, 15) is 29.4 Å². The number of carbonyl (C=O) groups excluding carboxylic acids is 1. The maximum Gasteiger partial charge on any atom is 0.279 e. The molecular formula is C14H9ClFN3O5. The number of anilines is 1. The Morgan fingerprint density at radius 2 is 1.83 bits per heavy atom. The Labute approximate surface area is 139 Å². The number of non-ortho nitro benzene ring substituents is 1. The third-order valence-electron chi connectivity index (χ3n) is 3.19. The van der Waals surface area contributed by atoms with Gasteiger partial charge in [-0.25, -0.2) is 4.39 Å². The molecule has 2 aromatic rings. The van der Waals surface area contributed by atoms with Crippen LogP contribution in [0.25, 0.3) is 0 Å². The summed E-state index contributed by atoms with van der Waals surface area (Å²) in [6, 6.07) is 5.13. The fourth-order valence-electron chi connectivity index (χ4n) is 1.99. The number of hydrogen-bond acceptors (Lipinski definition) is 5. The molecule has 0 aromatic heterocycles. The molecule has 0 aliphatic carbocycles. The predicted octanol–water partition coefficient (Wildman–Crippen LogP) is 3.86. The molecule has 2 aromatic carbocycles. The molecule has 0 atom stereocenters. The topological polar surface area (TPSA) is 115 Å². The van der Waals surface area contributed by atoms with Gasteiger partial charge >= 0.3 is 0 Å². The van der Waals surface area contributed by atoms with Crippen molar-refractivity contribution in [3.05, 3.63) is 72.5 Å². The van der Waals surface area contributed by atoms with Gasteiger partial charge in [0.2, 0.25) is 0 Å². The molecule has 0 saturated heterocycles. The van der Waals surface area contributed by atoms with E-state index in [4.69, 9.17) is 11.6 Å². The van der Waals surface area contributed by atoms with Gasteiger partial charge in [-0.15, -0.1) is 0 Å². The monoisotopic (exact) mass is 353 g/mol. The van der Waals surface area contributed by atoms with E-state index in [-0.39, 0.29) is 21.8 Å². The third kappa shape index (κ3) is 3.46. The van der Waals surface area contributed by atoms with E-state index in [1.54, 1.807) is 0 Å². The van der Waals surface area contributed by atoms with Gasteiger partial charge in [-0.3, -0.25) is 25.0 Å².